The molecule has 0 amide bonds. The summed E-state index contributed by atoms with van der Waals surface area (Å²) in [5.41, 5.74) is 8.23. The molecule has 2 heterocycles. The van der Waals surface area contributed by atoms with Gasteiger partial charge >= 0.3 is 0 Å². The van der Waals surface area contributed by atoms with Crippen LogP contribution in [0.1, 0.15) is 23.0 Å². The molecule has 0 aliphatic carbocycles. The lowest BCUT2D eigenvalue weighted by atomic mass is 9.96. The quantitative estimate of drug-likeness (QED) is 0.809. The van der Waals surface area contributed by atoms with Crippen LogP contribution in [0.2, 0.25) is 0 Å². The fourth-order valence-corrected chi connectivity index (χ4v) is 2.06. The van der Waals surface area contributed by atoms with Gasteiger partial charge in [-0.15, -0.1) is 12.4 Å². The number of rotatable bonds is 1. The number of amidine groups is 1. The van der Waals surface area contributed by atoms with E-state index in [2.05, 4.69) is 21.0 Å². The maximum Gasteiger partial charge on any atom is 0.131 e. The number of aromatic nitrogens is 2. The zero-order valence-corrected chi connectivity index (χ0v) is 9.95. The summed E-state index contributed by atoms with van der Waals surface area (Å²) in [7, 11) is 0. The summed E-state index contributed by atoms with van der Waals surface area (Å²) >= 11 is 0. The Hall–Kier alpha value is -1.81. The Morgan fingerprint density at radius 3 is 2.88 bits per heavy atom. The van der Waals surface area contributed by atoms with Crippen molar-refractivity contribution in [2.45, 2.75) is 12.5 Å². The molecule has 0 bridgehead atoms. The van der Waals surface area contributed by atoms with Crippen LogP contribution in [0.5, 0.6) is 0 Å². The van der Waals surface area contributed by atoms with Gasteiger partial charge in [0.25, 0.3) is 0 Å². The van der Waals surface area contributed by atoms with Gasteiger partial charge in [0.15, 0.2) is 0 Å². The molecule has 5 heteroatoms. The van der Waals surface area contributed by atoms with Gasteiger partial charge in [0.1, 0.15) is 17.7 Å². The van der Waals surface area contributed by atoms with E-state index in [1.54, 1.807) is 6.20 Å². The van der Waals surface area contributed by atoms with E-state index in [0.717, 1.165) is 17.8 Å². The minimum absolute atomic E-state index is 0. The molecule has 1 unspecified atom stereocenters. The standard InChI is InChI=1S/C12H12N4.ClH/c13-11-9-4-2-1-3-8(9)7-10(16-11)12-14-5-6-15-12;/h1-6,10H,7H2,(H2,13,16)(H,14,15);1H. The molecule has 0 spiro atoms. The third-order valence-electron chi connectivity index (χ3n) is 2.84. The molecule has 1 atom stereocenters. The van der Waals surface area contributed by atoms with Crippen LogP contribution < -0.4 is 5.73 Å². The highest BCUT2D eigenvalue weighted by Crippen LogP contribution is 2.26. The van der Waals surface area contributed by atoms with Crippen LogP contribution in [0.15, 0.2) is 41.7 Å². The summed E-state index contributed by atoms with van der Waals surface area (Å²) in [6.07, 6.45) is 4.40. The average Bonchev–Trinajstić information content (AvgIpc) is 2.82. The number of nitrogens with zero attached hydrogens (tertiary/aromatic N) is 2. The molecule has 17 heavy (non-hydrogen) atoms. The Morgan fingerprint density at radius 2 is 2.12 bits per heavy atom. The van der Waals surface area contributed by atoms with Gasteiger partial charge in [-0.3, -0.25) is 4.99 Å². The van der Waals surface area contributed by atoms with Crippen molar-refractivity contribution in [1.82, 2.24) is 9.97 Å². The van der Waals surface area contributed by atoms with Gasteiger partial charge in [0.2, 0.25) is 0 Å². The van der Waals surface area contributed by atoms with Gasteiger partial charge in [-0.25, -0.2) is 4.98 Å². The van der Waals surface area contributed by atoms with Crippen LogP contribution in [-0.2, 0) is 6.42 Å². The number of hydrogen-bond donors (Lipinski definition) is 2. The maximum atomic E-state index is 5.95. The second kappa shape index (κ2) is 4.59. The molecule has 4 nitrogen and oxygen atoms in total. The Kier molecular flexibility index (Phi) is 3.15. The van der Waals surface area contributed by atoms with Crippen molar-refractivity contribution >= 4 is 18.2 Å². The van der Waals surface area contributed by atoms with Gasteiger partial charge in [-0.05, 0) is 5.56 Å². The number of imidazole rings is 1. The van der Waals surface area contributed by atoms with Gasteiger partial charge in [0.05, 0.1) is 0 Å². The highest BCUT2D eigenvalue weighted by atomic mass is 35.5. The molecule has 0 saturated carbocycles. The van der Waals surface area contributed by atoms with Crippen LogP contribution in [0.3, 0.4) is 0 Å². The number of H-pyrrole nitrogens is 1. The number of benzene rings is 1. The van der Waals surface area contributed by atoms with E-state index in [4.69, 9.17) is 5.73 Å². The Balaban J connectivity index is 0.00000108. The molecule has 3 N–H and O–H groups in total. The summed E-state index contributed by atoms with van der Waals surface area (Å²) in [6, 6.07) is 8.12. The van der Waals surface area contributed by atoms with Crippen LogP contribution in [0.25, 0.3) is 0 Å². The van der Waals surface area contributed by atoms with Crippen molar-refractivity contribution in [3.8, 4) is 0 Å². The summed E-state index contributed by atoms with van der Waals surface area (Å²) in [5, 5.41) is 0. The largest absolute Gasteiger partial charge is 0.383 e. The zero-order chi connectivity index (χ0) is 11.0. The highest BCUT2D eigenvalue weighted by Gasteiger charge is 2.21. The van der Waals surface area contributed by atoms with E-state index >= 15 is 0 Å². The number of fused-ring (bicyclic) bond motifs is 1. The third kappa shape index (κ3) is 2.03. The molecule has 3 rings (SSSR count). The van der Waals surface area contributed by atoms with E-state index in [9.17, 15) is 0 Å². The van der Waals surface area contributed by atoms with Gasteiger partial charge in [0, 0.05) is 24.4 Å². The highest BCUT2D eigenvalue weighted by molar-refractivity contribution is 5.99. The van der Waals surface area contributed by atoms with Crippen molar-refractivity contribution < 1.29 is 0 Å². The lowest BCUT2D eigenvalue weighted by molar-refractivity contribution is 0.668. The van der Waals surface area contributed by atoms with Crippen molar-refractivity contribution in [3.05, 3.63) is 53.6 Å². The molecule has 1 aliphatic heterocycles. The van der Waals surface area contributed by atoms with Crippen LogP contribution in [-0.4, -0.2) is 15.8 Å². The maximum absolute atomic E-state index is 5.95. The summed E-state index contributed by atoms with van der Waals surface area (Å²) in [4.78, 5) is 11.8. The topological polar surface area (TPSA) is 67.1 Å². The van der Waals surface area contributed by atoms with Gasteiger partial charge in [-0.2, -0.15) is 0 Å². The number of aliphatic imine (C=N–C) groups is 1. The summed E-state index contributed by atoms with van der Waals surface area (Å²) in [6.45, 7) is 0. The molecule has 2 aromatic rings. The fraction of sp³-hybridized carbons (Fsp3) is 0.167. The number of hydrogen-bond acceptors (Lipinski definition) is 3. The molecule has 1 aliphatic rings. The van der Waals surface area contributed by atoms with Crippen molar-refractivity contribution in [1.29, 1.82) is 0 Å². The Bertz CT molecular complexity index is 533. The first-order valence-corrected chi connectivity index (χ1v) is 5.25. The number of nitrogens with one attached hydrogen (secondary N) is 1. The second-order valence-corrected chi connectivity index (χ2v) is 3.87. The Labute approximate surface area is 105 Å². The summed E-state index contributed by atoms with van der Waals surface area (Å²) in [5.74, 6) is 1.47. The molecule has 88 valence electrons. The molecule has 1 aromatic heterocycles. The molecular formula is C12H13ClN4. The predicted octanol–water partition coefficient (Wildman–Crippen LogP) is 1.83. The van der Waals surface area contributed by atoms with E-state index in [1.807, 2.05) is 24.4 Å². The first kappa shape index (κ1) is 11.7. The average molecular weight is 249 g/mol. The van der Waals surface area contributed by atoms with Crippen LogP contribution in [0, 0.1) is 0 Å². The predicted molar refractivity (Wildman–Crippen MR) is 69.4 cm³/mol. The van der Waals surface area contributed by atoms with Gasteiger partial charge in [-0.1, -0.05) is 24.3 Å². The zero-order valence-electron chi connectivity index (χ0n) is 9.13. The van der Waals surface area contributed by atoms with E-state index in [-0.39, 0.29) is 18.4 Å². The van der Waals surface area contributed by atoms with Gasteiger partial charge < -0.3 is 10.7 Å². The fourth-order valence-electron chi connectivity index (χ4n) is 2.06. The van der Waals surface area contributed by atoms with Crippen molar-refractivity contribution in [3.63, 3.8) is 0 Å². The number of halogens is 1. The monoisotopic (exact) mass is 248 g/mol. The van der Waals surface area contributed by atoms with Crippen molar-refractivity contribution in [2.24, 2.45) is 10.7 Å². The molecule has 0 radical (unpaired) electrons. The smallest absolute Gasteiger partial charge is 0.131 e. The van der Waals surface area contributed by atoms with E-state index in [1.165, 1.54) is 5.56 Å². The van der Waals surface area contributed by atoms with Crippen molar-refractivity contribution in [2.75, 3.05) is 0 Å². The summed E-state index contributed by atoms with van der Waals surface area (Å²) < 4.78 is 0. The molecule has 0 saturated heterocycles. The first-order valence-electron chi connectivity index (χ1n) is 5.25. The number of aromatic amines is 1. The number of nitrogens with two attached hydrogens (primary N) is 1. The third-order valence-corrected chi connectivity index (χ3v) is 2.84. The SMILES string of the molecule is Cl.NC1=NC(c2ncc[nH]2)Cc2ccccc21. The second-order valence-electron chi connectivity index (χ2n) is 3.87. The first-order chi connectivity index (χ1) is 7.84. The lowest BCUT2D eigenvalue weighted by Gasteiger charge is -2.19. The molecule has 0 fully saturated rings. The van der Waals surface area contributed by atoms with Crippen LogP contribution in [0.4, 0.5) is 0 Å². The van der Waals surface area contributed by atoms with E-state index in [0.29, 0.717) is 5.84 Å². The minimum atomic E-state index is 0. The molecule has 1 aromatic carbocycles. The molecular weight excluding hydrogens is 236 g/mol. The normalized spacial score (nSPS) is 17.9. The van der Waals surface area contributed by atoms with Crippen LogP contribution >= 0.6 is 12.4 Å². The van der Waals surface area contributed by atoms with E-state index < -0.39 is 0 Å². The Morgan fingerprint density at radius 1 is 1.29 bits per heavy atom. The lowest BCUT2D eigenvalue weighted by Crippen LogP contribution is -2.23. The minimum Gasteiger partial charge on any atom is -0.383 e.